The molecule has 1 amide bonds. The van der Waals surface area contributed by atoms with Gasteiger partial charge in [0.15, 0.2) is 5.78 Å². The highest BCUT2D eigenvalue weighted by atomic mass is 35.5. The lowest BCUT2D eigenvalue weighted by Gasteiger charge is -2.32. The van der Waals surface area contributed by atoms with Gasteiger partial charge >= 0.3 is 0 Å². The topological polar surface area (TPSA) is 63.4 Å². The van der Waals surface area contributed by atoms with Gasteiger partial charge in [0.05, 0.1) is 0 Å². The highest BCUT2D eigenvalue weighted by Crippen LogP contribution is 2.29. The van der Waals surface area contributed by atoms with E-state index in [0.29, 0.717) is 25.4 Å². The summed E-state index contributed by atoms with van der Waals surface area (Å²) >= 11 is 0. The molecule has 0 unspecified atom stereocenters. The van der Waals surface area contributed by atoms with Crippen LogP contribution < -0.4 is 5.73 Å². The number of carbonyl (C=O) groups excluding carboxylic acids is 2. The number of carbonyl (C=O) groups is 2. The zero-order valence-electron chi connectivity index (χ0n) is 14.9. The van der Waals surface area contributed by atoms with E-state index in [-0.39, 0.29) is 36.1 Å². The molecule has 1 aromatic carbocycles. The molecule has 2 N–H and O–H groups in total. The number of nitrogens with two attached hydrogens (primary N) is 1. The van der Waals surface area contributed by atoms with E-state index >= 15 is 0 Å². The molecule has 1 aliphatic heterocycles. The molecule has 0 bridgehead atoms. The molecule has 0 aromatic heterocycles. The fraction of sp³-hybridized carbons (Fsp3) is 0.600. The van der Waals surface area contributed by atoms with E-state index < -0.39 is 0 Å². The molecule has 1 saturated carbocycles. The summed E-state index contributed by atoms with van der Waals surface area (Å²) in [4.78, 5) is 27.0. The average molecular weight is 365 g/mol. The van der Waals surface area contributed by atoms with Crippen molar-refractivity contribution in [2.75, 3.05) is 13.1 Å². The standard InChI is InChI=1S/C20H28N2O2.ClH/c1-14-5-7-15(8-6-14)20(24)16-9-11-22(12-10-16)19(23)13-17-3-2-4-18(17)21;/h5-8,16-18H,2-4,9-13,21H2,1H3;1H/t17-,18+;/m0./s1. The van der Waals surface area contributed by atoms with Gasteiger partial charge in [-0.25, -0.2) is 0 Å². The van der Waals surface area contributed by atoms with Crippen LogP contribution in [0.4, 0.5) is 0 Å². The van der Waals surface area contributed by atoms with Crippen molar-refractivity contribution in [1.82, 2.24) is 4.90 Å². The predicted octanol–water partition coefficient (Wildman–Crippen LogP) is 3.36. The lowest BCUT2D eigenvalue weighted by atomic mass is 9.88. The Morgan fingerprint density at radius 3 is 2.28 bits per heavy atom. The monoisotopic (exact) mass is 364 g/mol. The van der Waals surface area contributed by atoms with Crippen LogP contribution in [-0.4, -0.2) is 35.7 Å². The SMILES string of the molecule is Cc1ccc(C(=O)C2CCN(C(=O)C[C@@H]3CCC[C@H]3N)CC2)cc1.Cl. The normalized spacial score (nSPS) is 24.0. The molecule has 0 spiro atoms. The number of hydrogen-bond donors (Lipinski definition) is 1. The van der Waals surface area contributed by atoms with Crippen LogP contribution in [0.2, 0.25) is 0 Å². The number of likely N-dealkylation sites (tertiary alicyclic amines) is 1. The smallest absolute Gasteiger partial charge is 0.222 e. The Morgan fingerprint density at radius 2 is 1.72 bits per heavy atom. The van der Waals surface area contributed by atoms with Crippen molar-refractivity contribution < 1.29 is 9.59 Å². The van der Waals surface area contributed by atoms with E-state index in [1.165, 1.54) is 0 Å². The first-order valence-electron chi connectivity index (χ1n) is 9.19. The Bertz CT molecular complexity index is 594. The van der Waals surface area contributed by atoms with Crippen molar-refractivity contribution in [1.29, 1.82) is 0 Å². The Labute approximate surface area is 156 Å². The van der Waals surface area contributed by atoms with Gasteiger partial charge in [-0.3, -0.25) is 9.59 Å². The molecule has 1 aromatic rings. The van der Waals surface area contributed by atoms with Crippen molar-refractivity contribution in [3.05, 3.63) is 35.4 Å². The first kappa shape index (κ1) is 19.9. The van der Waals surface area contributed by atoms with E-state index in [0.717, 1.165) is 43.2 Å². The molecule has 25 heavy (non-hydrogen) atoms. The van der Waals surface area contributed by atoms with Crippen molar-refractivity contribution in [2.24, 2.45) is 17.6 Å². The van der Waals surface area contributed by atoms with Gasteiger partial charge in [0.2, 0.25) is 5.91 Å². The lowest BCUT2D eigenvalue weighted by molar-refractivity contribution is -0.133. The number of rotatable bonds is 4. The van der Waals surface area contributed by atoms with Gasteiger partial charge in [-0.2, -0.15) is 0 Å². The van der Waals surface area contributed by atoms with Crippen LogP contribution in [0.15, 0.2) is 24.3 Å². The molecule has 2 fully saturated rings. The summed E-state index contributed by atoms with van der Waals surface area (Å²) in [7, 11) is 0. The second kappa shape index (κ2) is 8.81. The van der Waals surface area contributed by atoms with Gasteiger partial charge in [-0.15, -0.1) is 12.4 Å². The lowest BCUT2D eigenvalue weighted by Crippen LogP contribution is -2.41. The first-order chi connectivity index (χ1) is 11.5. The molecule has 0 radical (unpaired) electrons. The van der Waals surface area contributed by atoms with Crippen molar-refractivity contribution in [3.63, 3.8) is 0 Å². The number of aryl methyl sites for hydroxylation is 1. The molecule has 2 atom stereocenters. The maximum absolute atomic E-state index is 12.6. The third-order valence-electron chi connectivity index (χ3n) is 5.71. The predicted molar refractivity (Wildman–Crippen MR) is 102 cm³/mol. The van der Waals surface area contributed by atoms with Crippen LogP contribution in [0, 0.1) is 18.8 Å². The van der Waals surface area contributed by atoms with Crippen LogP contribution >= 0.6 is 12.4 Å². The van der Waals surface area contributed by atoms with Crippen LogP contribution in [0.25, 0.3) is 0 Å². The minimum atomic E-state index is 0. The molecule has 2 aliphatic rings. The number of halogens is 1. The number of hydrogen-bond acceptors (Lipinski definition) is 3. The van der Waals surface area contributed by atoms with Crippen molar-refractivity contribution in [2.45, 2.75) is 51.5 Å². The van der Waals surface area contributed by atoms with Crippen LogP contribution in [0.3, 0.4) is 0 Å². The van der Waals surface area contributed by atoms with E-state index in [4.69, 9.17) is 5.73 Å². The van der Waals surface area contributed by atoms with Crippen molar-refractivity contribution in [3.8, 4) is 0 Å². The largest absolute Gasteiger partial charge is 0.343 e. The third-order valence-corrected chi connectivity index (χ3v) is 5.71. The second-order valence-corrected chi connectivity index (χ2v) is 7.44. The summed E-state index contributed by atoms with van der Waals surface area (Å²) in [6, 6.07) is 7.98. The van der Waals surface area contributed by atoms with Crippen LogP contribution in [0.5, 0.6) is 0 Å². The summed E-state index contributed by atoms with van der Waals surface area (Å²) in [5, 5.41) is 0. The average Bonchev–Trinajstić information content (AvgIpc) is 3.00. The van der Waals surface area contributed by atoms with Crippen molar-refractivity contribution >= 4 is 24.1 Å². The second-order valence-electron chi connectivity index (χ2n) is 7.44. The molecule has 5 heteroatoms. The molecular weight excluding hydrogens is 336 g/mol. The van der Waals surface area contributed by atoms with Crippen LogP contribution in [0.1, 0.15) is 54.4 Å². The number of ketones is 1. The highest BCUT2D eigenvalue weighted by Gasteiger charge is 2.31. The Morgan fingerprint density at radius 1 is 1.08 bits per heavy atom. The summed E-state index contributed by atoms with van der Waals surface area (Å²) in [6.07, 6.45) is 5.40. The molecule has 3 rings (SSSR count). The number of piperidine rings is 1. The first-order valence-corrected chi connectivity index (χ1v) is 9.19. The Balaban J connectivity index is 0.00000225. The van der Waals surface area contributed by atoms with E-state index in [1.54, 1.807) is 0 Å². The molecule has 1 saturated heterocycles. The van der Waals surface area contributed by atoms with E-state index in [2.05, 4.69) is 0 Å². The van der Waals surface area contributed by atoms with Gasteiger partial charge in [0, 0.05) is 37.0 Å². The zero-order chi connectivity index (χ0) is 17.1. The summed E-state index contributed by atoms with van der Waals surface area (Å²) in [5.41, 5.74) is 8.04. The van der Waals surface area contributed by atoms with Crippen LogP contribution in [-0.2, 0) is 4.79 Å². The minimum Gasteiger partial charge on any atom is -0.343 e. The van der Waals surface area contributed by atoms with Gasteiger partial charge in [0.25, 0.3) is 0 Å². The number of Topliss-reactive ketones (excluding diaryl/α,β-unsaturated/α-hetero) is 1. The number of amides is 1. The fourth-order valence-electron chi connectivity index (χ4n) is 4.02. The Hall–Kier alpha value is -1.39. The highest BCUT2D eigenvalue weighted by molar-refractivity contribution is 5.98. The van der Waals surface area contributed by atoms with Gasteiger partial charge in [-0.1, -0.05) is 36.2 Å². The molecular formula is C20H29ClN2O2. The molecule has 1 heterocycles. The minimum absolute atomic E-state index is 0. The maximum atomic E-state index is 12.6. The summed E-state index contributed by atoms with van der Waals surface area (Å²) in [6.45, 7) is 3.42. The zero-order valence-corrected chi connectivity index (χ0v) is 15.8. The Kier molecular flexibility index (Phi) is 7.03. The van der Waals surface area contributed by atoms with E-state index in [9.17, 15) is 9.59 Å². The quantitative estimate of drug-likeness (QED) is 0.833. The third kappa shape index (κ3) is 4.83. The molecule has 138 valence electrons. The summed E-state index contributed by atoms with van der Waals surface area (Å²) < 4.78 is 0. The van der Waals surface area contributed by atoms with Gasteiger partial charge < -0.3 is 10.6 Å². The number of benzene rings is 1. The van der Waals surface area contributed by atoms with E-state index in [1.807, 2.05) is 36.1 Å². The molecule has 4 nitrogen and oxygen atoms in total. The van der Waals surface area contributed by atoms with Gasteiger partial charge in [-0.05, 0) is 38.5 Å². The summed E-state index contributed by atoms with van der Waals surface area (Å²) in [5.74, 6) is 0.841. The fourth-order valence-corrected chi connectivity index (χ4v) is 4.02. The maximum Gasteiger partial charge on any atom is 0.222 e. The number of nitrogens with zero attached hydrogens (tertiary/aromatic N) is 1. The van der Waals surface area contributed by atoms with Gasteiger partial charge in [0.1, 0.15) is 0 Å². The molecule has 1 aliphatic carbocycles.